The summed E-state index contributed by atoms with van der Waals surface area (Å²) in [7, 11) is 1.68. The van der Waals surface area contributed by atoms with Crippen LogP contribution in [0.3, 0.4) is 0 Å². The lowest BCUT2D eigenvalue weighted by atomic mass is 9.77. The zero-order valence-electron chi connectivity index (χ0n) is 13.4. The molecule has 1 heterocycles. The van der Waals surface area contributed by atoms with Crippen LogP contribution >= 0.6 is 0 Å². The fraction of sp³-hybridized carbons (Fsp3) is 0.250. The summed E-state index contributed by atoms with van der Waals surface area (Å²) in [6.07, 6.45) is 5.50. The molecule has 0 spiro atoms. The van der Waals surface area contributed by atoms with Crippen molar-refractivity contribution in [2.45, 2.75) is 18.4 Å². The van der Waals surface area contributed by atoms with Crippen molar-refractivity contribution in [2.75, 3.05) is 12.4 Å². The van der Waals surface area contributed by atoms with Gasteiger partial charge in [-0.15, -0.1) is 0 Å². The molecule has 0 saturated heterocycles. The second-order valence-electron chi connectivity index (χ2n) is 6.34. The average Bonchev–Trinajstić information content (AvgIpc) is 3.10. The number of rotatable bonds is 3. The molecule has 4 heteroatoms. The number of carbonyl (C=O) groups excluding carboxylic acids is 1. The van der Waals surface area contributed by atoms with Crippen LogP contribution < -0.4 is 15.2 Å². The van der Waals surface area contributed by atoms with Gasteiger partial charge in [0.2, 0.25) is 0 Å². The van der Waals surface area contributed by atoms with E-state index in [9.17, 15) is 9.90 Å². The van der Waals surface area contributed by atoms with E-state index < -0.39 is 5.97 Å². The predicted molar refractivity (Wildman–Crippen MR) is 90.1 cm³/mol. The first kappa shape index (κ1) is 14.8. The maximum absolute atomic E-state index is 10.9. The SMILES string of the molecule is COc1ccc2c(c1)[C@@H]1C=CC[C@@H]1[C@@H](c1ccc(C(=O)[O-])cc1)N2. The van der Waals surface area contributed by atoms with Crippen molar-refractivity contribution >= 4 is 11.7 Å². The first-order chi connectivity index (χ1) is 11.7. The number of methoxy groups -OCH3 is 1. The molecule has 0 unspecified atom stereocenters. The van der Waals surface area contributed by atoms with E-state index in [4.69, 9.17) is 4.74 Å². The van der Waals surface area contributed by atoms with Gasteiger partial charge in [-0.1, -0.05) is 36.4 Å². The molecule has 2 aromatic rings. The number of nitrogens with one attached hydrogen (secondary N) is 1. The summed E-state index contributed by atoms with van der Waals surface area (Å²) in [6.45, 7) is 0. The van der Waals surface area contributed by atoms with E-state index in [0.717, 1.165) is 23.4 Å². The Kier molecular flexibility index (Phi) is 3.53. The molecule has 1 aliphatic heterocycles. The Labute approximate surface area is 140 Å². The molecule has 122 valence electrons. The Bertz CT molecular complexity index is 810. The van der Waals surface area contributed by atoms with Gasteiger partial charge in [0, 0.05) is 11.6 Å². The topological polar surface area (TPSA) is 61.4 Å². The molecule has 0 bridgehead atoms. The van der Waals surface area contributed by atoms with Gasteiger partial charge in [-0.3, -0.25) is 0 Å². The number of benzene rings is 2. The molecule has 0 fully saturated rings. The summed E-state index contributed by atoms with van der Waals surface area (Å²) in [4.78, 5) is 10.9. The predicted octanol–water partition coefficient (Wildman–Crippen LogP) is 2.89. The third-order valence-corrected chi connectivity index (χ3v) is 5.08. The fourth-order valence-electron chi connectivity index (χ4n) is 3.86. The lowest BCUT2D eigenvalue weighted by molar-refractivity contribution is -0.255. The number of carbonyl (C=O) groups is 1. The zero-order chi connectivity index (χ0) is 16.7. The van der Waals surface area contributed by atoms with Crippen LogP contribution in [0.15, 0.2) is 54.6 Å². The maximum atomic E-state index is 10.9. The van der Waals surface area contributed by atoms with Crippen molar-refractivity contribution in [1.29, 1.82) is 0 Å². The lowest BCUT2D eigenvalue weighted by Gasteiger charge is -2.37. The van der Waals surface area contributed by atoms with Crippen LogP contribution in [-0.4, -0.2) is 13.1 Å². The lowest BCUT2D eigenvalue weighted by Crippen LogP contribution is -2.29. The highest BCUT2D eigenvalue weighted by Crippen LogP contribution is 2.50. The van der Waals surface area contributed by atoms with Crippen LogP contribution in [0.5, 0.6) is 5.75 Å². The number of carboxylic acids is 1. The zero-order valence-corrected chi connectivity index (χ0v) is 13.4. The number of fused-ring (bicyclic) bond motifs is 3. The normalized spacial score (nSPS) is 24.0. The monoisotopic (exact) mass is 320 g/mol. The van der Waals surface area contributed by atoms with Crippen LogP contribution in [0.25, 0.3) is 0 Å². The van der Waals surface area contributed by atoms with Gasteiger partial charge < -0.3 is 20.0 Å². The van der Waals surface area contributed by atoms with E-state index in [1.807, 2.05) is 18.2 Å². The molecule has 2 aliphatic rings. The van der Waals surface area contributed by atoms with Gasteiger partial charge in [-0.25, -0.2) is 0 Å². The third-order valence-electron chi connectivity index (χ3n) is 5.08. The number of carboxylic acid groups (broad SMARTS) is 1. The molecule has 0 saturated carbocycles. The molecular weight excluding hydrogens is 302 g/mol. The Morgan fingerprint density at radius 3 is 2.71 bits per heavy atom. The molecule has 0 amide bonds. The van der Waals surface area contributed by atoms with E-state index in [0.29, 0.717) is 11.8 Å². The van der Waals surface area contributed by atoms with Crippen molar-refractivity contribution < 1.29 is 14.6 Å². The number of hydrogen-bond donors (Lipinski definition) is 1. The Morgan fingerprint density at radius 1 is 1.21 bits per heavy atom. The highest BCUT2D eigenvalue weighted by atomic mass is 16.5. The minimum absolute atomic E-state index is 0.154. The fourth-order valence-corrected chi connectivity index (χ4v) is 3.86. The summed E-state index contributed by atoms with van der Waals surface area (Å²) >= 11 is 0. The van der Waals surface area contributed by atoms with Crippen molar-refractivity contribution in [3.05, 3.63) is 71.3 Å². The highest BCUT2D eigenvalue weighted by molar-refractivity contribution is 5.85. The highest BCUT2D eigenvalue weighted by Gasteiger charge is 2.37. The average molecular weight is 320 g/mol. The second kappa shape index (κ2) is 5.71. The van der Waals surface area contributed by atoms with Gasteiger partial charge in [-0.2, -0.15) is 0 Å². The second-order valence-corrected chi connectivity index (χ2v) is 6.34. The van der Waals surface area contributed by atoms with Crippen molar-refractivity contribution in [3.8, 4) is 5.75 Å². The van der Waals surface area contributed by atoms with E-state index in [1.165, 1.54) is 5.56 Å². The molecule has 24 heavy (non-hydrogen) atoms. The molecule has 1 aliphatic carbocycles. The summed E-state index contributed by atoms with van der Waals surface area (Å²) in [5.41, 5.74) is 3.68. The molecule has 0 radical (unpaired) electrons. The van der Waals surface area contributed by atoms with Crippen molar-refractivity contribution in [3.63, 3.8) is 0 Å². The number of allylic oxidation sites excluding steroid dienone is 2. The van der Waals surface area contributed by atoms with E-state index in [-0.39, 0.29) is 11.6 Å². The first-order valence-electron chi connectivity index (χ1n) is 8.10. The van der Waals surface area contributed by atoms with Gasteiger partial charge in [0.25, 0.3) is 0 Å². The summed E-state index contributed by atoms with van der Waals surface area (Å²) in [6, 6.07) is 13.3. The quantitative estimate of drug-likeness (QED) is 0.883. The van der Waals surface area contributed by atoms with Gasteiger partial charge in [0.1, 0.15) is 5.75 Å². The summed E-state index contributed by atoms with van der Waals surface area (Å²) in [5, 5.41) is 14.6. The molecular formula is C20H18NO3-. The summed E-state index contributed by atoms with van der Waals surface area (Å²) < 4.78 is 5.36. The van der Waals surface area contributed by atoms with Crippen molar-refractivity contribution in [2.24, 2.45) is 5.92 Å². The molecule has 4 rings (SSSR count). The number of hydrogen-bond acceptors (Lipinski definition) is 4. The van der Waals surface area contributed by atoms with Gasteiger partial charge in [-0.05, 0) is 47.2 Å². The molecule has 4 nitrogen and oxygen atoms in total. The number of anilines is 1. The smallest absolute Gasteiger partial charge is 0.119 e. The van der Waals surface area contributed by atoms with Crippen LogP contribution in [0, 0.1) is 5.92 Å². The van der Waals surface area contributed by atoms with E-state index >= 15 is 0 Å². The van der Waals surface area contributed by atoms with E-state index in [1.54, 1.807) is 19.2 Å². The Morgan fingerprint density at radius 2 is 2.00 bits per heavy atom. The largest absolute Gasteiger partial charge is 0.545 e. The summed E-state index contributed by atoms with van der Waals surface area (Å²) in [5.74, 6) is 0.489. The van der Waals surface area contributed by atoms with Crippen LogP contribution in [-0.2, 0) is 0 Å². The van der Waals surface area contributed by atoms with Gasteiger partial charge >= 0.3 is 0 Å². The molecule has 3 atom stereocenters. The molecule has 2 aromatic carbocycles. The van der Waals surface area contributed by atoms with Crippen LogP contribution in [0.2, 0.25) is 0 Å². The van der Waals surface area contributed by atoms with Crippen molar-refractivity contribution in [1.82, 2.24) is 0 Å². The number of aromatic carboxylic acids is 1. The minimum Gasteiger partial charge on any atom is -0.545 e. The molecule has 1 N–H and O–H groups in total. The first-order valence-corrected chi connectivity index (χ1v) is 8.10. The maximum Gasteiger partial charge on any atom is 0.119 e. The third kappa shape index (κ3) is 2.35. The standard InChI is InChI=1S/C20H19NO3/c1-24-14-9-10-18-17(11-14)15-3-2-4-16(15)19(21-18)12-5-7-13(8-6-12)20(22)23/h2-3,5-11,15-16,19,21H,4H2,1H3,(H,22,23)/p-1/t15-,16+,19-/m1/s1. The Hall–Kier alpha value is -2.75. The minimum atomic E-state index is -1.14. The Balaban J connectivity index is 1.71. The van der Waals surface area contributed by atoms with E-state index in [2.05, 4.69) is 29.6 Å². The molecule has 0 aromatic heterocycles. The van der Waals surface area contributed by atoms with Gasteiger partial charge in [0.05, 0.1) is 19.1 Å². The van der Waals surface area contributed by atoms with Crippen LogP contribution in [0.4, 0.5) is 5.69 Å². The number of ether oxygens (including phenoxy) is 1. The van der Waals surface area contributed by atoms with Gasteiger partial charge in [0.15, 0.2) is 0 Å². The van der Waals surface area contributed by atoms with Crippen LogP contribution in [0.1, 0.15) is 39.9 Å².